The molecular weight excluding hydrogens is 652 g/mol. The predicted octanol–water partition coefficient (Wildman–Crippen LogP) is 5.62. The maximum Gasteiger partial charge on any atom is 0.410 e. The lowest BCUT2D eigenvalue weighted by molar-refractivity contribution is -0.114. The zero-order valence-electron chi connectivity index (χ0n) is 30.9. The number of anilines is 3. The molecule has 4 aromatic rings. The number of rotatable bonds is 13. The van der Waals surface area contributed by atoms with E-state index >= 15 is 0 Å². The lowest BCUT2D eigenvalue weighted by Crippen LogP contribution is -2.36. The highest BCUT2D eigenvalue weighted by atomic mass is 16.6. The summed E-state index contributed by atoms with van der Waals surface area (Å²) in [4.78, 5) is 44.1. The summed E-state index contributed by atoms with van der Waals surface area (Å²) in [6, 6.07) is 16.8. The van der Waals surface area contributed by atoms with Crippen molar-refractivity contribution in [3.63, 3.8) is 0 Å². The van der Waals surface area contributed by atoms with Crippen LogP contribution < -0.4 is 36.5 Å². The number of ether oxygens (including phenoxy) is 3. The summed E-state index contributed by atoms with van der Waals surface area (Å²) in [6.07, 6.45) is 0.287. The number of hydrogen-bond acceptors (Lipinski definition) is 9. The number of H-pyrrole nitrogens is 1. The maximum absolute atomic E-state index is 12.4. The molecule has 1 aromatic heterocycles. The van der Waals surface area contributed by atoms with Crippen LogP contribution >= 0.6 is 0 Å². The first-order valence-electron chi connectivity index (χ1n) is 16.8. The van der Waals surface area contributed by atoms with Crippen molar-refractivity contribution in [2.75, 3.05) is 63.3 Å². The fourth-order valence-electron chi connectivity index (χ4n) is 4.58. The summed E-state index contributed by atoms with van der Waals surface area (Å²) in [6.45, 7) is 13.4. The summed E-state index contributed by atoms with van der Waals surface area (Å²) in [5.74, 6) is 1.51. The van der Waals surface area contributed by atoms with Crippen LogP contribution in [0.5, 0.6) is 11.5 Å². The van der Waals surface area contributed by atoms with E-state index in [-0.39, 0.29) is 18.0 Å². The molecule has 1 heterocycles. The normalized spacial score (nSPS) is 10.8. The number of benzene rings is 3. The predicted molar refractivity (Wildman–Crippen MR) is 202 cm³/mol. The van der Waals surface area contributed by atoms with E-state index < -0.39 is 5.60 Å². The van der Waals surface area contributed by atoms with Crippen molar-refractivity contribution in [3.8, 4) is 11.5 Å². The van der Waals surface area contributed by atoms with Crippen molar-refractivity contribution in [1.82, 2.24) is 25.5 Å². The number of urea groups is 1. The molecule has 0 saturated carbocycles. The van der Waals surface area contributed by atoms with Gasteiger partial charge >= 0.3 is 12.1 Å². The molecule has 14 nitrogen and oxygen atoms in total. The topological polar surface area (TPSA) is 185 Å². The standard InChI is InChI=1S/C22H28N6O3.C15H24N2O3/c1-14-4-7-20(31-11-10-23-3)19(12-14)28-22(30)24-9-8-16-5-6-17-18(13-16)27-21(26-17)25-15(2)29;1-11-6-7-13(12(16)10-11)19-9-8-17(5)14(18)20-15(2,3)4/h4-7,12-13,23H,8-11H2,1-3H3,(H2,24,28,30)(H2,25,26,27,29);6-7,10H,8-9,16H2,1-5H3. The number of hydrogen-bond donors (Lipinski definition) is 6. The van der Waals surface area contributed by atoms with Crippen molar-refractivity contribution in [1.29, 1.82) is 0 Å². The Labute approximate surface area is 299 Å². The summed E-state index contributed by atoms with van der Waals surface area (Å²) < 4.78 is 16.6. The van der Waals surface area contributed by atoms with Gasteiger partial charge in [0.1, 0.15) is 30.3 Å². The molecule has 0 aliphatic rings. The van der Waals surface area contributed by atoms with E-state index in [2.05, 4.69) is 31.2 Å². The van der Waals surface area contributed by atoms with Gasteiger partial charge in [-0.3, -0.25) is 10.1 Å². The highest BCUT2D eigenvalue weighted by molar-refractivity contribution is 5.91. The highest BCUT2D eigenvalue weighted by Gasteiger charge is 2.19. The van der Waals surface area contributed by atoms with E-state index in [9.17, 15) is 14.4 Å². The number of carbonyl (C=O) groups excluding carboxylic acids is 3. The number of nitrogens with zero attached hydrogens (tertiary/aromatic N) is 2. The van der Waals surface area contributed by atoms with Gasteiger partial charge in [0.15, 0.2) is 0 Å². The van der Waals surface area contributed by atoms with Gasteiger partial charge in [-0.2, -0.15) is 0 Å². The summed E-state index contributed by atoms with van der Waals surface area (Å²) >= 11 is 0. The number of aromatic nitrogens is 2. The Balaban J connectivity index is 0.000000304. The van der Waals surface area contributed by atoms with Crippen molar-refractivity contribution >= 4 is 46.4 Å². The highest BCUT2D eigenvalue weighted by Crippen LogP contribution is 2.26. The van der Waals surface area contributed by atoms with Gasteiger partial charge in [-0.15, -0.1) is 0 Å². The molecule has 0 bridgehead atoms. The van der Waals surface area contributed by atoms with Crippen LogP contribution in [-0.4, -0.2) is 85.4 Å². The van der Waals surface area contributed by atoms with Crippen LogP contribution in [-0.2, 0) is 16.0 Å². The van der Waals surface area contributed by atoms with E-state index in [0.29, 0.717) is 68.1 Å². The molecular formula is C37H52N8O6. The van der Waals surface area contributed by atoms with E-state index in [1.807, 2.05) is 96.3 Å². The number of aromatic amines is 1. The van der Waals surface area contributed by atoms with Gasteiger partial charge in [0.2, 0.25) is 11.9 Å². The zero-order valence-corrected chi connectivity index (χ0v) is 30.9. The quantitative estimate of drug-likeness (QED) is 0.0760. The molecule has 14 heteroatoms. The number of nitrogens with one attached hydrogen (secondary N) is 5. The third-order valence-corrected chi connectivity index (χ3v) is 7.09. The van der Waals surface area contributed by atoms with Crippen LogP contribution in [0.3, 0.4) is 0 Å². The molecule has 0 aliphatic carbocycles. The van der Waals surface area contributed by atoms with Crippen molar-refractivity contribution in [2.45, 2.75) is 53.6 Å². The monoisotopic (exact) mass is 704 g/mol. The summed E-state index contributed by atoms with van der Waals surface area (Å²) in [7, 11) is 3.53. The van der Waals surface area contributed by atoms with E-state index in [1.54, 1.807) is 7.05 Å². The first-order valence-corrected chi connectivity index (χ1v) is 16.8. The number of nitrogen functional groups attached to an aromatic ring is 1. The molecule has 0 unspecified atom stereocenters. The van der Waals surface area contributed by atoms with Gasteiger partial charge in [0.05, 0.1) is 29.0 Å². The van der Waals surface area contributed by atoms with Gasteiger partial charge in [-0.25, -0.2) is 14.6 Å². The molecule has 0 fully saturated rings. The summed E-state index contributed by atoms with van der Waals surface area (Å²) in [5.41, 5.74) is 11.3. The van der Waals surface area contributed by atoms with Crippen molar-refractivity contribution in [3.05, 3.63) is 71.3 Å². The Kier molecular flexibility index (Phi) is 14.9. The zero-order chi connectivity index (χ0) is 37.6. The SMILES string of the molecule is CNCCOc1ccc(C)cc1NC(=O)NCCc1ccc2nc(NC(C)=O)[nH]c2c1.Cc1ccc(OCCN(C)C(=O)OC(C)(C)C)c(N)c1. The third kappa shape index (κ3) is 14.1. The van der Waals surface area contributed by atoms with Crippen LogP contribution in [0.25, 0.3) is 11.0 Å². The second kappa shape index (κ2) is 19.0. The van der Waals surface area contributed by atoms with Crippen LogP contribution in [0, 0.1) is 13.8 Å². The maximum atomic E-state index is 12.4. The Hall–Kier alpha value is -5.50. The lowest BCUT2D eigenvalue weighted by atomic mass is 10.1. The van der Waals surface area contributed by atoms with Crippen LogP contribution in [0.4, 0.5) is 26.9 Å². The number of carbonyl (C=O) groups is 3. The van der Waals surface area contributed by atoms with Crippen LogP contribution in [0.1, 0.15) is 44.4 Å². The van der Waals surface area contributed by atoms with E-state index in [4.69, 9.17) is 19.9 Å². The average Bonchev–Trinajstić information content (AvgIpc) is 3.43. The Morgan fingerprint density at radius 2 is 1.59 bits per heavy atom. The average molecular weight is 705 g/mol. The van der Waals surface area contributed by atoms with Crippen molar-refractivity contribution < 1.29 is 28.6 Å². The minimum absolute atomic E-state index is 0.182. The Morgan fingerprint density at radius 3 is 2.25 bits per heavy atom. The largest absolute Gasteiger partial charge is 0.490 e. The number of likely N-dealkylation sites (N-methyl/N-ethyl adjacent to an activating group) is 2. The molecule has 0 saturated heterocycles. The Morgan fingerprint density at radius 1 is 0.902 bits per heavy atom. The van der Waals surface area contributed by atoms with Crippen LogP contribution in [0.15, 0.2) is 54.6 Å². The van der Waals surface area contributed by atoms with E-state index in [1.165, 1.54) is 11.8 Å². The number of fused-ring (bicyclic) bond motifs is 1. The Bertz CT molecular complexity index is 1770. The van der Waals surface area contributed by atoms with Gasteiger partial charge in [0.25, 0.3) is 0 Å². The lowest BCUT2D eigenvalue weighted by Gasteiger charge is -2.24. The molecule has 0 radical (unpaired) electrons. The second-order valence-electron chi connectivity index (χ2n) is 13.0. The molecule has 276 valence electrons. The molecule has 3 aromatic carbocycles. The molecule has 4 amide bonds. The molecule has 0 aliphatic heterocycles. The fraction of sp³-hybridized carbons (Fsp3) is 0.405. The second-order valence-corrected chi connectivity index (χ2v) is 13.0. The van der Waals surface area contributed by atoms with Gasteiger partial charge in [-0.05, 0) is 101 Å². The fourth-order valence-corrected chi connectivity index (χ4v) is 4.58. The van der Waals surface area contributed by atoms with Gasteiger partial charge < -0.3 is 45.8 Å². The summed E-state index contributed by atoms with van der Waals surface area (Å²) in [5, 5.41) is 11.4. The first-order chi connectivity index (χ1) is 24.1. The molecule has 0 atom stereocenters. The molecule has 51 heavy (non-hydrogen) atoms. The molecule has 7 N–H and O–H groups in total. The number of amides is 4. The number of aryl methyl sites for hydroxylation is 2. The first kappa shape index (κ1) is 39.9. The van der Waals surface area contributed by atoms with E-state index in [0.717, 1.165) is 27.7 Å². The smallest absolute Gasteiger partial charge is 0.410 e. The minimum atomic E-state index is -0.492. The number of imidazole rings is 1. The molecule has 0 spiro atoms. The minimum Gasteiger partial charge on any atom is -0.490 e. The number of nitrogens with two attached hydrogens (primary N) is 1. The van der Waals surface area contributed by atoms with Crippen molar-refractivity contribution in [2.24, 2.45) is 0 Å². The van der Waals surface area contributed by atoms with Gasteiger partial charge in [0, 0.05) is 27.1 Å². The third-order valence-electron chi connectivity index (χ3n) is 7.09. The van der Waals surface area contributed by atoms with Crippen LogP contribution in [0.2, 0.25) is 0 Å². The molecule has 4 rings (SSSR count). The van der Waals surface area contributed by atoms with Gasteiger partial charge in [-0.1, -0.05) is 18.2 Å².